The minimum atomic E-state index is -0.557. The molecule has 2 aromatic rings. The monoisotopic (exact) mass is 346 g/mol. The van der Waals surface area contributed by atoms with E-state index < -0.39 is 10.8 Å². The molecule has 3 rings (SSSR count). The van der Waals surface area contributed by atoms with Crippen LogP contribution in [0.15, 0.2) is 36.4 Å². The Labute approximate surface area is 142 Å². The molecule has 9 nitrogen and oxygen atoms in total. The standard InChI is InChI=1S/C16H14N2O7/c1-22-12-5-3-11(18(20)21)7-15(12)23-8-16(19)17-10-2-4-13-14(6-10)25-9-24-13/h2-7H,8-9H2,1H3,(H,17,19). The predicted molar refractivity (Wildman–Crippen MR) is 86.3 cm³/mol. The fraction of sp³-hybridized carbons (Fsp3) is 0.188. The van der Waals surface area contributed by atoms with Gasteiger partial charge < -0.3 is 24.3 Å². The fourth-order valence-electron chi connectivity index (χ4n) is 2.21. The molecular weight excluding hydrogens is 332 g/mol. The summed E-state index contributed by atoms with van der Waals surface area (Å²) in [7, 11) is 1.40. The van der Waals surface area contributed by atoms with E-state index in [2.05, 4.69) is 5.32 Å². The second kappa shape index (κ2) is 6.95. The van der Waals surface area contributed by atoms with Crippen LogP contribution in [-0.2, 0) is 4.79 Å². The van der Waals surface area contributed by atoms with E-state index in [1.807, 2.05) is 0 Å². The third-order valence-corrected chi connectivity index (χ3v) is 3.37. The van der Waals surface area contributed by atoms with Gasteiger partial charge >= 0.3 is 0 Å². The van der Waals surface area contributed by atoms with Gasteiger partial charge in [-0.3, -0.25) is 14.9 Å². The Hall–Kier alpha value is -3.49. The summed E-state index contributed by atoms with van der Waals surface area (Å²) < 4.78 is 20.8. The van der Waals surface area contributed by atoms with E-state index in [-0.39, 0.29) is 24.8 Å². The van der Waals surface area contributed by atoms with Gasteiger partial charge in [-0.15, -0.1) is 0 Å². The third-order valence-electron chi connectivity index (χ3n) is 3.37. The number of nitrogens with zero attached hydrogens (tertiary/aromatic N) is 1. The van der Waals surface area contributed by atoms with Crippen LogP contribution >= 0.6 is 0 Å². The Kier molecular flexibility index (Phi) is 4.55. The van der Waals surface area contributed by atoms with Crippen LogP contribution in [0.4, 0.5) is 11.4 Å². The summed E-state index contributed by atoms with van der Waals surface area (Å²) in [6.07, 6.45) is 0. The summed E-state index contributed by atoms with van der Waals surface area (Å²) in [6, 6.07) is 8.88. The van der Waals surface area contributed by atoms with Gasteiger partial charge in [-0.2, -0.15) is 0 Å². The van der Waals surface area contributed by atoms with Crippen LogP contribution in [0.2, 0.25) is 0 Å². The number of nitrogens with one attached hydrogen (secondary N) is 1. The molecule has 1 aliphatic rings. The highest BCUT2D eigenvalue weighted by Gasteiger charge is 2.16. The molecule has 0 atom stereocenters. The zero-order valence-corrected chi connectivity index (χ0v) is 13.2. The van der Waals surface area contributed by atoms with E-state index >= 15 is 0 Å². The predicted octanol–water partition coefficient (Wildman–Crippen LogP) is 2.35. The van der Waals surface area contributed by atoms with Gasteiger partial charge in [0.1, 0.15) is 0 Å². The van der Waals surface area contributed by atoms with Crippen molar-refractivity contribution in [2.45, 2.75) is 0 Å². The molecule has 0 aliphatic carbocycles. The molecule has 1 aliphatic heterocycles. The molecule has 0 aromatic heterocycles. The highest BCUT2D eigenvalue weighted by Crippen LogP contribution is 2.34. The lowest BCUT2D eigenvalue weighted by Crippen LogP contribution is -2.20. The second-order valence-corrected chi connectivity index (χ2v) is 5.00. The number of methoxy groups -OCH3 is 1. The number of rotatable bonds is 6. The zero-order chi connectivity index (χ0) is 17.8. The molecule has 0 unspecified atom stereocenters. The van der Waals surface area contributed by atoms with E-state index in [0.717, 1.165) is 0 Å². The van der Waals surface area contributed by atoms with Crippen LogP contribution in [0, 0.1) is 10.1 Å². The Morgan fingerprint density at radius 2 is 2.00 bits per heavy atom. The van der Waals surface area contributed by atoms with Crippen LogP contribution in [0.25, 0.3) is 0 Å². The maximum Gasteiger partial charge on any atom is 0.273 e. The van der Waals surface area contributed by atoms with Crippen LogP contribution in [0.3, 0.4) is 0 Å². The third kappa shape index (κ3) is 3.71. The largest absolute Gasteiger partial charge is 0.493 e. The van der Waals surface area contributed by atoms with Gasteiger partial charge in [0, 0.05) is 17.8 Å². The SMILES string of the molecule is COc1ccc([N+](=O)[O-])cc1OCC(=O)Nc1ccc2c(c1)OCO2. The molecule has 9 heteroatoms. The van der Waals surface area contributed by atoms with E-state index in [9.17, 15) is 14.9 Å². The molecule has 0 radical (unpaired) electrons. The van der Waals surface area contributed by atoms with Crippen molar-refractivity contribution in [1.82, 2.24) is 0 Å². The van der Waals surface area contributed by atoms with E-state index in [0.29, 0.717) is 22.9 Å². The lowest BCUT2D eigenvalue weighted by molar-refractivity contribution is -0.385. The summed E-state index contributed by atoms with van der Waals surface area (Å²) in [5, 5.41) is 13.5. The van der Waals surface area contributed by atoms with E-state index in [4.69, 9.17) is 18.9 Å². The molecule has 1 N–H and O–H groups in total. The first-order valence-corrected chi connectivity index (χ1v) is 7.21. The minimum absolute atomic E-state index is 0.109. The van der Waals surface area contributed by atoms with Gasteiger partial charge in [0.05, 0.1) is 18.1 Å². The molecular formula is C16H14N2O7. The normalized spacial score (nSPS) is 11.7. The summed E-state index contributed by atoms with van der Waals surface area (Å²) in [6.45, 7) is -0.200. The van der Waals surface area contributed by atoms with Gasteiger partial charge in [-0.1, -0.05) is 0 Å². The second-order valence-electron chi connectivity index (χ2n) is 5.00. The number of hydrogen-bond acceptors (Lipinski definition) is 7. The maximum atomic E-state index is 12.0. The molecule has 0 saturated heterocycles. The van der Waals surface area contributed by atoms with Crippen LogP contribution in [-0.4, -0.2) is 31.3 Å². The molecule has 130 valence electrons. The Morgan fingerprint density at radius 3 is 2.76 bits per heavy atom. The van der Waals surface area contributed by atoms with Crippen molar-refractivity contribution < 1.29 is 28.7 Å². The first-order valence-electron chi connectivity index (χ1n) is 7.21. The molecule has 2 aromatic carbocycles. The number of carbonyl (C=O) groups excluding carboxylic acids is 1. The number of amides is 1. The number of carbonyl (C=O) groups is 1. The number of ether oxygens (including phenoxy) is 4. The van der Waals surface area contributed by atoms with Crippen molar-refractivity contribution in [2.75, 3.05) is 25.8 Å². The Balaban J connectivity index is 1.64. The number of benzene rings is 2. The highest BCUT2D eigenvalue weighted by atomic mass is 16.7. The lowest BCUT2D eigenvalue weighted by Gasteiger charge is -2.11. The zero-order valence-electron chi connectivity index (χ0n) is 13.2. The first kappa shape index (κ1) is 16.4. The lowest BCUT2D eigenvalue weighted by atomic mass is 10.2. The molecule has 0 saturated carbocycles. The molecule has 0 bridgehead atoms. The van der Waals surface area contributed by atoms with E-state index in [1.165, 1.54) is 25.3 Å². The van der Waals surface area contributed by atoms with Crippen molar-refractivity contribution in [3.63, 3.8) is 0 Å². The van der Waals surface area contributed by atoms with Crippen molar-refractivity contribution >= 4 is 17.3 Å². The van der Waals surface area contributed by atoms with E-state index in [1.54, 1.807) is 18.2 Å². The van der Waals surface area contributed by atoms with Gasteiger partial charge in [-0.25, -0.2) is 0 Å². The fourth-order valence-corrected chi connectivity index (χ4v) is 2.21. The summed E-state index contributed by atoms with van der Waals surface area (Å²) in [4.78, 5) is 22.3. The van der Waals surface area contributed by atoms with Gasteiger partial charge in [0.2, 0.25) is 6.79 Å². The van der Waals surface area contributed by atoms with Gasteiger partial charge in [0.15, 0.2) is 29.6 Å². The average molecular weight is 346 g/mol. The Morgan fingerprint density at radius 1 is 1.20 bits per heavy atom. The van der Waals surface area contributed by atoms with Crippen molar-refractivity contribution in [1.29, 1.82) is 0 Å². The molecule has 1 heterocycles. The van der Waals surface area contributed by atoms with Crippen molar-refractivity contribution in [3.8, 4) is 23.0 Å². The minimum Gasteiger partial charge on any atom is -0.493 e. The summed E-state index contributed by atoms with van der Waals surface area (Å²) >= 11 is 0. The first-order chi connectivity index (χ1) is 12.1. The molecule has 0 spiro atoms. The van der Waals surface area contributed by atoms with Crippen LogP contribution in [0.5, 0.6) is 23.0 Å². The highest BCUT2D eigenvalue weighted by molar-refractivity contribution is 5.92. The van der Waals surface area contributed by atoms with Crippen molar-refractivity contribution in [3.05, 3.63) is 46.5 Å². The summed E-state index contributed by atoms with van der Waals surface area (Å²) in [5.74, 6) is 1.11. The van der Waals surface area contributed by atoms with Crippen LogP contribution in [0.1, 0.15) is 0 Å². The Bertz CT molecular complexity index is 822. The van der Waals surface area contributed by atoms with Crippen molar-refractivity contribution in [2.24, 2.45) is 0 Å². The number of fused-ring (bicyclic) bond motifs is 1. The number of hydrogen-bond donors (Lipinski definition) is 1. The topological polar surface area (TPSA) is 109 Å². The summed E-state index contributed by atoms with van der Waals surface area (Å²) in [5.41, 5.74) is 0.357. The van der Waals surface area contributed by atoms with Gasteiger partial charge in [-0.05, 0) is 18.2 Å². The van der Waals surface area contributed by atoms with Crippen LogP contribution < -0.4 is 24.3 Å². The average Bonchev–Trinajstić information content (AvgIpc) is 3.07. The quantitative estimate of drug-likeness (QED) is 0.631. The number of anilines is 1. The molecule has 0 fully saturated rings. The number of nitro groups is 1. The molecule has 1 amide bonds. The number of non-ortho nitro benzene ring substituents is 1. The smallest absolute Gasteiger partial charge is 0.273 e. The number of nitro benzene ring substituents is 1. The maximum absolute atomic E-state index is 12.0. The van der Waals surface area contributed by atoms with Gasteiger partial charge in [0.25, 0.3) is 11.6 Å². The molecule has 25 heavy (non-hydrogen) atoms.